The fourth-order valence-corrected chi connectivity index (χ4v) is 4.77. The molecule has 1 fully saturated rings. The molecule has 98 valence electrons. The van der Waals surface area contributed by atoms with Gasteiger partial charge in [0.15, 0.2) is 0 Å². The number of rotatable bonds is 3. The van der Waals surface area contributed by atoms with E-state index in [4.69, 9.17) is 0 Å². The van der Waals surface area contributed by atoms with Crippen molar-refractivity contribution in [2.45, 2.75) is 35.8 Å². The van der Waals surface area contributed by atoms with Gasteiger partial charge in [-0.15, -0.1) is 11.8 Å². The number of fused-ring (bicyclic) bond motifs is 1. The maximum atomic E-state index is 9.77. The molecule has 0 saturated carbocycles. The van der Waals surface area contributed by atoms with Gasteiger partial charge in [-0.1, -0.05) is 18.2 Å². The molecule has 2 aliphatic heterocycles. The first-order valence-electron chi connectivity index (χ1n) is 6.87. The van der Waals surface area contributed by atoms with Crippen molar-refractivity contribution in [2.24, 2.45) is 5.41 Å². The van der Waals surface area contributed by atoms with Gasteiger partial charge in [0.05, 0.1) is 0 Å². The lowest BCUT2D eigenvalue weighted by atomic mass is 9.77. The monoisotopic (exact) mass is 263 g/mol. The minimum Gasteiger partial charge on any atom is -0.396 e. The molecule has 2 nitrogen and oxygen atoms in total. The fourth-order valence-electron chi connectivity index (χ4n) is 3.25. The third kappa shape index (κ3) is 2.44. The highest BCUT2D eigenvalue weighted by atomic mass is 32.2. The zero-order chi connectivity index (χ0) is 12.4. The molecule has 0 aliphatic carbocycles. The Labute approximate surface area is 113 Å². The van der Waals surface area contributed by atoms with Gasteiger partial charge in [0, 0.05) is 28.7 Å². The highest BCUT2D eigenvalue weighted by Crippen LogP contribution is 2.43. The lowest BCUT2D eigenvalue weighted by Crippen LogP contribution is -2.44. The molecule has 0 amide bonds. The second kappa shape index (κ2) is 5.24. The molecule has 2 N–H and O–H groups in total. The maximum absolute atomic E-state index is 9.77. The summed E-state index contributed by atoms with van der Waals surface area (Å²) in [5.74, 6) is 0. The van der Waals surface area contributed by atoms with Crippen molar-refractivity contribution in [3.8, 4) is 0 Å². The second-order valence-electron chi connectivity index (χ2n) is 5.69. The molecule has 3 heteroatoms. The van der Waals surface area contributed by atoms with Crippen LogP contribution in [0.3, 0.4) is 0 Å². The quantitative estimate of drug-likeness (QED) is 0.878. The predicted octanol–water partition coefficient (Wildman–Crippen LogP) is 2.46. The molecule has 2 aliphatic rings. The molecule has 0 aromatic heterocycles. The molecule has 18 heavy (non-hydrogen) atoms. The van der Waals surface area contributed by atoms with Crippen LogP contribution in [0.1, 0.15) is 24.8 Å². The van der Waals surface area contributed by atoms with E-state index in [1.165, 1.54) is 29.7 Å². The van der Waals surface area contributed by atoms with Crippen LogP contribution in [0.25, 0.3) is 0 Å². The van der Waals surface area contributed by atoms with E-state index in [2.05, 4.69) is 29.6 Å². The lowest BCUT2D eigenvalue weighted by molar-refractivity contribution is 0.0856. The molecule has 2 unspecified atom stereocenters. The average Bonchev–Trinajstić information content (AvgIpc) is 2.81. The number of piperidine rings is 1. The smallest absolute Gasteiger partial charge is 0.0500 e. The van der Waals surface area contributed by atoms with E-state index in [0.717, 1.165) is 19.5 Å². The topological polar surface area (TPSA) is 32.3 Å². The summed E-state index contributed by atoms with van der Waals surface area (Å²) in [4.78, 5) is 1.44. The number of hydrogen-bond donors (Lipinski definition) is 2. The van der Waals surface area contributed by atoms with Crippen LogP contribution in [0.4, 0.5) is 0 Å². The predicted molar refractivity (Wildman–Crippen MR) is 76.0 cm³/mol. The highest BCUT2D eigenvalue weighted by molar-refractivity contribution is 8.00. The van der Waals surface area contributed by atoms with Gasteiger partial charge in [0.1, 0.15) is 0 Å². The lowest BCUT2D eigenvalue weighted by Gasteiger charge is -2.37. The van der Waals surface area contributed by atoms with E-state index in [-0.39, 0.29) is 5.41 Å². The van der Waals surface area contributed by atoms with E-state index in [1.54, 1.807) is 0 Å². The Balaban J connectivity index is 1.67. The van der Waals surface area contributed by atoms with Crippen LogP contribution in [-0.4, -0.2) is 30.1 Å². The van der Waals surface area contributed by atoms with Crippen LogP contribution >= 0.6 is 11.8 Å². The maximum Gasteiger partial charge on any atom is 0.0500 e. The summed E-state index contributed by atoms with van der Waals surface area (Å²) in [5, 5.41) is 13.9. The molecule has 1 saturated heterocycles. The normalized spacial score (nSPS) is 31.3. The minimum atomic E-state index is 0.123. The fraction of sp³-hybridized carbons (Fsp3) is 0.600. The van der Waals surface area contributed by atoms with Crippen molar-refractivity contribution in [3.05, 3.63) is 29.8 Å². The van der Waals surface area contributed by atoms with E-state index in [0.29, 0.717) is 11.9 Å². The molecule has 0 bridgehead atoms. The Morgan fingerprint density at radius 2 is 2.28 bits per heavy atom. The standard InChI is InChI=1S/C15H21NOS/c17-11-15(6-3-7-16-10-15)9-13-8-12-4-1-2-5-14(12)18-13/h1-2,4-5,13,16-17H,3,6-11H2. The number of aliphatic hydroxyl groups excluding tert-OH is 1. The Kier molecular flexibility index (Phi) is 3.64. The number of nitrogens with one attached hydrogen (secondary N) is 1. The van der Waals surface area contributed by atoms with Crippen molar-refractivity contribution in [2.75, 3.05) is 19.7 Å². The van der Waals surface area contributed by atoms with Gasteiger partial charge in [0.2, 0.25) is 0 Å². The van der Waals surface area contributed by atoms with Crippen LogP contribution in [0, 0.1) is 5.41 Å². The van der Waals surface area contributed by atoms with Crippen LogP contribution in [-0.2, 0) is 6.42 Å². The minimum absolute atomic E-state index is 0.123. The van der Waals surface area contributed by atoms with Crippen molar-refractivity contribution in [3.63, 3.8) is 0 Å². The van der Waals surface area contributed by atoms with Crippen molar-refractivity contribution >= 4 is 11.8 Å². The van der Waals surface area contributed by atoms with Crippen molar-refractivity contribution in [1.82, 2.24) is 5.32 Å². The van der Waals surface area contributed by atoms with E-state index >= 15 is 0 Å². The van der Waals surface area contributed by atoms with Gasteiger partial charge in [-0.3, -0.25) is 0 Å². The molecule has 0 radical (unpaired) electrons. The summed E-state index contributed by atoms with van der Waals surface area (Å²) >= 11 is 2.00. The van der Waals surface area contributed by atoms with E-state index in [9.17, 15) is 5.11 Å². The van der Waals surface area contributed by atoms with Crippen molar-refractivity contribution < 1.29 is 5.11 Å². The van der Waals surface area contributed by atoms with Crippen LogP contribution in [0.15, 0.2) is 29.2 Å². The summed E-state index contributed by atoms with van der Waals surface area (Å²) in [6, 6.07) is 8.72. The van der Waals surface area contributed by atoms with Crippen LogP contribution in [0.2, 0.25) is 0 Å². The Morgan fingerprint density at radius 1 is 1.39 bits per heavy atom. The largest absolute Gasteiger partial charge is 0.396 e. The van der Waals surface area contributed by atoms with E-state index in [1.807, 2.05) is 11.8 Å². The number of aliphatic hydroxyl groups is 1. The first-order chi connectivity index (χ1) is 8.81. The molecule has 1 aromatic rings. The van der Waals surface area contributed by atoms with Gasteiger partial charge in [-0.05, 0) is 43.9 Å². The van der Waals surface area contributed by atoms with Crippen molar-refractivity contribution in [1.29, 1.82) is 0 Å². The third-order valence-corrected chi connectivity index (χ3v) is 5.59. The van der Waals surface area contributed by atoms with Gasteiger partial charge >= 0.3 is 0 Å². The molecule has 2 heterocycles. The SMILES string of the molecule is OCC1(CC2Cc3ccccc3S2)CCCNC1. The molecule has 3 rings (SSSR count). The molecular formula is C15H21NOS. The van der Waals surface area contributed by atoms with Crippen LogP contribution < -0.4 is 5.32 Å². The Morgan fingerprint density at radius 3 is 3.00 bits per heavy atom. The number of thioether (sulfide) groups is 1. The van der Waals surface area contributed by atoms with Crippen LogP contribution in [0.5, 0.6) is 0 Å². The molecule has 1 aromatic carbocycles. The summed E-state index contributed by atoms with van der Waals surface area (Å²) in [5.41, 5.74) is 1.61. The molecular weight excluding hydrogens is 242 g/mol. The molecule has 2 atom stereocenters. The number of benzene rings is 1. The first-order valence-corrected chi connectivity index (χ1v) is 7.75. The summed E-state index contributed by atoms with van der Waals surface area (Å²) in [6.07, 6.45) is 4.67. The highest BCUT2D eigenvalue weighted by Gasteiger charge is 2.36. The van der Waals surface area contributed by atoms with Gasteiger partial charge in [0.25, 0.3) is 0 Å². The van der Waals surface area contributed by atoms with E-state index < -0.39 is 0 Å². The molecule has 0 spiro atoms. The number of hydrogen-bond acceptors (Lipinski definition) is 3. The summed E-state index contributed by atoms with van der Waals surface area (Å²) in [6.45, 7) is 2.42. The zero-order valence-electron chi connectivity index (χ0n) is 10.7. The van der Waals surface area contributed by atoms with Gasteiger partial charge in [-0.2, -0.15) is 0 Å². The Hall–Kier alpha value is -0.510. The Bertz CT molecular complexity index is 390. The zero-order valence-corrected chi connectivity index (χ0v) is 11.5. The first kappa shape index (κ1) is 12.5. The third-order valence-electron chi connectivity index (χ3n) is 4.27. The summed E-state index contributed by atoms with van der Waals surface area (Å²) < 4.78 is 0. The van der Waals surface area contributed by atoms with Gasteiger partial charge < -0.3 is 10.4 Å². The second-order valence-corrected chi connectivity index (χ2v) is 7.04. The summed E-state index contributed by atoms with van der Waals surface area (Å²) in [7, 11) is 0. The van der Waals surface area contributed by atoms with Gasteiger partial charge in [-0.25, -0.2) is 0 Å². The average molecular weight is 263 g/mol.